The van der Waals surface area contributed by atoms with Crippen molar-refractivity contribution in [2.24, 2.45) is 0 Å². The van der Waals surface area contributed by atoms with Gasteiger partial charge in [-0.2, -0.15) is 0 Å². The summed E-state index contributed by atoms with van der Waals surface area (Å²) >= 11 is 0. The topological polar surface area (TPSA) is 42.8 Å². The first-order valence-corrected chi connectivity index (χ1v) is 11.1. The monoisotopic (exact) mass is 371 g/mol. The van der Waals surface area contributed by atoms with E-state index in [1.165, 1.54) is 88.4 Å². The molecule has 1 saturated carbocycles. The number of quaternary nitrogens is 1. The van der Waals surface area contributed by atoms with E-state index in [9.17, 15) is 4.79 Å². The number of nitrogens with one attached hydrogen (secondary N) is 2. The highest BCUT2D eigenvalue weighted by Crippen LogP contribution is 2.27. The number of fused-ring (bicyclic) bond motifs is 1. The van der Waals surface area contributed by atoms with E-state index < -0.39 is 0 Å². The van der Waals surface area contributed by atoms with Gasteiger partial charge < -0.3 is 15.0 Å². The van der Waals surface area contributed by atoms with E-state index in [0.29, 0.717) is 0 Å². The smallest absolute Gasteiger partial charge is 0.258 e. The molecule has 1 aromatic rings. The van der Waals surface area contributed by atoms with Gasteiger partial charge in [0.1, 0.15) is 11.3 Å². The summed E-state index contributed by atoms with van der Waals surface area (Å²) in [7, 11) is 0. The third-order valence-corrected chi connectivity index (χ3v) is 7.08. The van der Waals surface area contributed by atoms with Gasteiger partial charge in [-0.15, -0.1) is 0 Å². The van der Waals surface area contributed by atoms with E-state index >= 15 is 0 Å². The lowest BCUT2D eigenvalue weighted by molar-refractivity contribution is -0.957. The number of aryl methyl sites for hydroxylation is 2. The molecule has 148 valence electrons. The highest BCUT2D eigenvalue weighted by atomic mass is 16.5. The molecule has 4 nitrogen and oxygen atoms in total. The normalized spacial score (nSPS) is 22.2. The van der Waals surface area contributed by atoms with Gasteiger partial charge >= 0.3 is 0 Å². The SMILES string of the molecule is O=C(COc1ccc2c(c1)CCC2)NCC1([NH+]2CCCCC2)CCCCC1. The number of benzene rings is 1. The van der Waals surface area contributed by atoms with Crippen LogP contribution in [0, 0.1) is 0 Å². The molecule has 0 spiro atoms. The van der Waals surface area contributed by atoms with Crippen LogP contribution in [0.4, 0.5) is 0 Å². The largest absolute Gasteiger partial charge is 0.484 e. The second-order valence-electron chi connectivity index (χ2n) is 8.85. The lowest BCUT2D eigenvalue weighted by Crippen LogP contribution is -3.22. The van der Waals surface area contributed by atoms with Crippen molar-refractivity contribution >= 4 is 5.91 Å². The highest BCUT2D eigenvalue weighted by molar-refractivity contribution is 5.77. The molecule has 0 unspecified atom stereocenters. The van der Waals surface area contributed by atoms with E-state index in [-0.39, 0.29) is 18.1 Å². The summed E-state index contributed by atoms with van der Waals surface area (Å²) in [6, 6.07) is 6.29. The fraction of sp³-hybridized carbons (Fsp3) is 0.696. The first-order chi connectivity index (χ1) is 13.3. The lowest BCUT2D eigenvalue weighted by Gasteiger charge is -2.45. The Morgan fingerprint density at radius 3 is 2.52 bits per heavy atom. The van der Waals surface area contributed by atoms with Crippen LogP contribution in [-0.2, 0) is 17.6 Å². The summed E-state index contributed by atoms with van der Waals surface area (Å²) in [6.45, 7) is 3.50. The van der Waals surface area contributed by atoms with E-state index in [1.807, 2.05) is 6.07 Å². The number of rotatable bonds is 6. The van der Waals surface area contributed by atoms with Gasteiger partial charge in [0.15, 0.2) is 6.61 Å². The molecule has 1 saturated heterocycles. The van der Waals surface area contributed by atoms with Gasteiger partial charge in [-0.3, -0.25) is 4.79 Å². The molecular weight excluding hydrogens is 336 g/mol. The lowest BCUT2D eigenvalue weighted by atomic mass is 9.79. The number of likely N-dealkylation sites (tertiary alicyclic amines) is 1. The third-order valence-electron chi connectivity index (χ3n) is 7.08. The summed E-state index contributed by atoms with van der Waals surface area (Å²) in [5.41, 5.74) is 3.10. The van der Waals surface area contributed by atoms with Gasteiger partial charge in [-0.25, -0.2) is 0 Å². The van der Waals surface area contributed by atoms with Crippen LogP contribution in [-0.4, -0.2) is 37.7 Å². The van der Waals surface area contributed by atoms with Gasteiger partial charge in [0.2, 0.25) is 0 Å². The molecule has 3 aliphatic rings. The highest BCUT2D eigenvalue weighted by Gasteiger charge is 2.42. The molecule has 2 N–H and O–H groups in total. The maximum atomic E-state index is 12.5. The molecule has 0 bridgehead atoms. The molecule has 27 heavy (non-hydrogen) atoms. The summed E-state index contributed by atoms with van der Waals surface area (Å²) in [5.74, 6) is 0.858. The molecule has 0 radical (unpaired) electrons. The molecular formula is C23H35N2O2+. The third kappa shape index (κ3) is 4.48. The Kier molecular flexibility index (Phi) is 6.01. The van der Waals surface area contributed by atoms with Crippen molar-refractivity contribution in [2.45, 2.75) is 76.2 Å². The fourth-order valence-corrected chi connectivity index (χ4v) is 5.50. The van der Waals surface area contributed by atoms with Crippen molar-refractivity contribution in [1.29, 1.82) is 0 Å². The molecule has 2 fully saturated rings. The minimum absolute atomic E-state index is 0.0249. The zero-order chi connectivity index (χ0) is 18.5. The van der Waals surface area contributed by atoms with Crippen LogP contribution in [0.3, 0.4) is 0 Å². The second-order valence-corrected chi connectivity index (χ2v) is 8.85. The van der Waals surface area contributed by atoms with Crippen LogP contribution in [0.5, 0.6) is 5.75 Å². The van der Waals surface area contributed by atoms with E-state index in [2.05, 4.69) is 17.4 Å². The molecule has 1 aromatic carbocycles. The van der Waals surface area contributed by atoms with Crippen LogP contribution in [0.1, 0.15) is 68.9 Å². The fourth-order valence-electron chi connectivity index (χ4n) is 5.50. The average Bonchev–Trinajstić information content (AvgIpc) is 3.20. The van der Waals surface area contributed by atoms with Crippen LogP contribution in [0.25, 0.3) is 0 Å². The average molecular weight is 372 g/mol. The number of piperidine rings is 1. The van der Waals surface area contributed by atoms with Crippen LogP contribution >= 0.6 is 0 Å². The molecule has 4 rings (SSSR count). The van der Waals surface area contributed by atoms with Gasteiger partial charge in [-0.1, -0.05) is 12.5 Å². The molecule has 0 aromatic heterocycles. The maximum absolute atomic E-state index is 12.5. The minimum Gasteiger partial charge on any atom is -0.484 e. The van der Waals surface area contributed by atoms with Crippen LogP contribution < -0.4 is 15.0 Å². The zero-order valence-corrected chi connectivity index (χ0v) is 16.7. The number of hydrogen-bond acceptors (Lipinski definition) is 2. The quantitative estimate of drug-likeness (QED) is 0.807. The van der Waals surface area contributed by atoms with Crippen molar-refractivity contribution in [3.05, 3.63) is 29.3 Å². The van der Waals surface area contributed by atoms with Crippen LogP contribution in [0.15, 0.2) is 18.2 Å². The van der Waals surface area contributed by atoms with E-state index in [0.717, 1.165) is 18.7 Å². The Morgan fingerprint density at radius 1 is 0.963 bits per heavy atom. The zero-order valence-electron chi connectivity index (χ0n) is 16.7. The number of carbonyl (C=O) groups excluding carboxylic acids is 1. The molecule has 1 aliphatic heterocycles. The Hall–Kier alpha value is -1.55. The predicted octanol–water partition coefficient (Wildman–Crippen LogP) is 2.44. The Bertz CT molecular complexity index is 646. The van der Waals surface area contributed by atoms with Gasteiger partial charge in [0.25, 0.3) is 5.91 Å². The molecule has 4 heteroatoms. The van der Waals surface area contributed by atoms with Crippen molar-refractivity contribution < 1.29 is 14.4 Å². The summed E-state index contributed by atoms with van der Waals surface area (Å²) < 4.78 is 5.79. The number of carbonyl (C=O) groups is 1. The van der Waals surface area contributed by atoms with Gasteiger partial charge in [-0.05, 0) is 74.6 Å². The molecule has 0 atom stereocenters. The van der Waals surface area contributed by atoms with Crippen molar-refractivity contribution in [2.75, 3.05) is 26.2 Å². The van der Waals surface area contributed by atoms with Crippen LogP contribution in [0.2, 0.25) is 0 Å². The summed E-state index contributed by atoms with van der Waals surface area (Å²) in [5, 5.41) is 3.23. The number of amides is 1. The first kappa shape index (κ1) is 18.8. The second kappa shape index (κ2) is 8.64. The standard InChI is InChI=1S/C23H34N2O2/c26-22(17-27-21-11-10-19-8-7-9-20(19)16-21)24-18-23(12-3-1-4-13-23)25-14-5-2-6-15-25/h10-11,16H,1-9,12-15,17-18H2,(H,24,26)/p+1. The predicted molar refractivity (Wildman–Crippen MR) is 107 cm³/mol. The molecule has 2 aliphatic carbocycles. The molecule has 1 amide bonds. The Labute approximate surface area is 163 Å². The van der Waals surface area contributed by atoms with E-state index in [4.69, 9.17) is 4.74 Å². The van der Waals surface area contributed by atoms with Crippen molar-refractivity contribution in [1.82, 2.24) is 5.32 Å². The van der Waals surface area contributed by atoms with Gasteiger partial charge in [0.05, 0.1) is 19.6 Å². The number of ether oxygens (including phenoxy) is 1. The van der Waals surface area contributed by atoms with Gasteiger partial charge in [0, 0.05) is 12.8 Å². The Balaban J connectivity index is 1.30. The minimum atomic E-state index is 0.0249. The van der Waals surface area contributed by atoms with Crippen molar-refractivity contribution in [3.8, 4) is 5.75 Å². The summed E-state index contributed by atoms with van der Waals surface area (Å²) in [4.78, 5) is 14.2. The Morgan fingerprint density at radius 2 is 1.70 bits per heavy atom. The van der Waals surface area contributed by atoms with E-state index in [1.54, 1.807) is 4.90 Å². The number of hydrogen-bond donors (Lipinski definition) is 2. The van der Waals surface area contributed by atoms with Crippen molar-refractivity contribution in [3.63, 3.8) is 0 Å². The first-order valence-electron chi connectivity index (χ1n) is 11.1. The summed E-state index contributed by atoms with van der Waals surface area (Å²) in [6.07, 6.45) is 14.1. The molecule has 1 heterocycles. The maximum Gasteiger partial charge on any atom is 0.258 e.